The fourth-order valence-corrected chi connectivity index (χ4v) is 1.95. The highest BCUT2D eigenvalue weighted by atomic mass is 16.4. The Bertz CT molecular complexity index is 426. The molecule has 110 valence electrons. The summed E-state index contributed by atoms with van der Waals surface area (Å²) in [5, 5.41) is 9.68. The largest absolute Gasteiger partial charge is 0.565 e. The van der Waals surface area contributed by atoms with Gasteiger partial charge in [-0.2, -0.15) is 0 Å². The fourth-order valence-electron chi connectivity index (χ4n) is 1.95. The van der Waals surface area contributed by atoms with Crippen molar-refractivity contribution >= 4 is 11.9 Å². The Balaban J connectivity index is 2.05. The molecule has 0 aliphatic heterocycles. The van der Waals surface area contributed by atoms with Gasteiger partial charge >= 0.3 is 5.97 Å². The Morgan fingerprint density at radius 1 is 1.00 bits per heavy atom. The molecule has 0 atom stereocenters. The van der Waals surface area contributed by atoms with Crippen LogP contribution in [0.5, 0.6) is 0 Å². The van der Waals surface area contributed by atoms with Gasteiger partial charge in [0.05, 0.1) is 0 Å². The Labute approximate surface area is 120 Å². The van der Waals surface area contributed by atoms with Crippen molar-refractivity contribution in [2.45, 2.75) is 45.4 Å². The highest BCUT2D eigenvalue weighted by Gasteiger charge is 2.05. The Morgan fingerprint density at radius 3 is 2.25 bits per heavy atom. The van der Waals surface area contributed by atoms with Crippen molar-refractivity contribution in [3.8, 4) is 0 Å². The molecule has 0 radical (unpaired) electrons. The van der Waals surface area contributed by atoms with E-state index in [-0.39, 0.29) is 5.91 Å². The second kappa shape index (κ2) is 9.13. The Hall–Kier alpha value is -1.84. The van der Waals surface area contributed by atoms with Crippen LogP contribution in [0, 0.1) is 6.92 Å². The average molecular weight is 278 g/mol. The van der Waals surface area contributed by atoms with E-state index in [1.165, 1.54) is 0 Å². The molecule has 1 aromatic rings. The number of carbonyl (C=O) groups excluding carboxylic acids is 2. The zero-order chi connectivity index (χ0) is 14.8. The van der Waals surface area contributed by atoms with Gasteiger partial charge in [-0.1, -0.05) is 37.0 Å². The van der Waals surface area contributed by atoms with Gasteiger partial charge in [0.1, 0.15) is 6.42 Å². The zero-order valence-corrected chi connectivity index (χ0v) is 12.1. The van der Waals surface area contributed by atoms with Gasteiger partial charge in [0.15, 0.2) is 0 Å². The van der Waals surface area contributed by atoms with Gasteiger partial charge < -0.3 is 10.4 Å². The number of nitrogens with one attached hydrogen (secondary N) is 1. The maximum Gasteiger partial charge on any atom is 0.515 e. The molecule has 4 heteroatoms. The van der Waals surface area contributed by atoms with Crippen LogP contribution in [-0.4, -0.2) is 23.5 Å². The first-order valence-corrected chi connectivity index (χ1v) is 7.19. The molecule has 1 amide bonds. The third kappa shape index (κ3) is 6.92. The van der Waals surface area contributed by atoms with Crippen molar-refractivity contribution in [1.29, 1.82) is 0 Å². The van der Waals surface area contributed by atoms with E-state index >= 15 is 0 Å². The van der Waals surface area contributed by atoms with Crippen LogP contribution >= 0.6 is 0 Å². The Kier molecular flexibility index (Phi) is 7.40. The first kappa shape index (κ1) is 16.2. The van der Waals surface area contributed by atoms with Crippen molar-refractivity contribution < 1.29 is 14.7 Å². The predicted octanol–water partition coefficient (Wildman–Crippen LogP) is 2.32. The summed E-state index contributed by atoms with van der Waals surface area (Å²) in [6, 6.07) is 7.54. The van der Waals surface area contributed by atoms with Gasteiger partial charge in [0.25, 0.3) is 5.91 Å². The molecule has 0 saturated heterocycles. The van der Waals surface area contributed by atoms with Gasteiger partial charge in [-0.15, -0.1) is 0 Å². The lowest BCUT2D eigenvalue weighted by atomic mass is 10.1. The van der Waals surface area contributed by atoms with Crippen molar-refractivity contribution in [3.05, 3.63) is 35.4 Å². The molecule has 0 fully saturated rings. The van der Waals surface area contributed by atoms with E-state index < -0.39 is 5.97 Å². The highest BCUT2D eigenvalue weighted by Crippen LogP contribution is 2.06. The lowest BCUT2D eigenvalue weighted by Gasteiger charge is -2.05. The van der Waals surface area contributed by atoms with Crippen LogP contribution in [0.25, 0.3) is 0 Å². The molecule has 0 unspecified atom stereocenters. The smallest absolute Gasteiger partial charge is 0.515 e. The number of hydrogen-bond acceptors (Lipinski definition) is 2. The molecule has 4 nitrogen and oxygen atoms in total. The minimum Gasteiger partial charge on any atom is -0.565 e. The number of amides is 1. The number of aryl methyl sites for hydroxylation is 1. The van der Waals surface area contributed by atoms with Gasteiger partial charge in [-0.25, -0.2) is 0 Å². The van der Waals surface area contributed by atoms with Gasteiger partial charge in [0, 0.05) is 16.9 Å². The van der Waals surface area contributed by atoms with Crippen LogP contribution in [0.15, 0.2) is 24.3 Å². The average Bonchev–Trinajstić information content (AvgIpc) is 2.42. The summed E-state index contributed by atoms with van der Waals surface area (Å²) in [4.78, 5) is 22.2. The first-order chi connectivity index (χ1) is 9.59. The molecule has 1 aromatic carbocycles. The molecule has 0 bridgehead atoms. The lowest BCUT2D eigenvalue weighted by molar-refractivity contribution is -0.137. The topological polar surface area (TPSA) is 69.1 Å². The molecule has 0 saturated carbocycles. The third-order valence-electron chi connectivity index (χ3n) is 3.18. The maximum atomic E-state index is 11.8. The lowest BCUT2D eigenvalue weighted by Crippen LogP contribution is -2.24. The van der Waals surface area contributed by atoms with E-state index in [1.807, 2.05) is 31.2 Å². The van der Waals surface area contributed by atoms with Gasteiger partial charge in [-0.05, 0) is 31.9 Å². The molecule has 0 aliphatic carbocycles. The van der Waals surface area contributed by atoms with Crippen LogP contribution in [0.2, 0.25) is 0 Å². The maximum absolute atomic E-state index is 11.8. The van der Waals surface area contributed by atoms with Gasteiger partial charge in [-0.3, -0.25) is 4.79 Å². The molecule has 0 heterocycles. The minimum atomic E-state index is -0.477. The first-order valence-electron chi connectivity index (χ1n) is 7.19. The van der Waals surface area contributed by atoms with Crippen LogP contribution < -0.4 is 5.32 Å². The third-order valence-corrected chi connectivity index (χ3v) is 3.18. The summed E-state index contributed by atoms with van der Waals surface area (Å²) in [6.07, 6.45) is 5.19. The highest BCUT2D eigenvalue weighted by molar-refractivity contribution is 5.94. The molecule has 0 spiro atoms. The van der Waals surface area contributed by atoms with Crippen molar-refractivity contribution in [2.24, 2.45) is 0 Å². The Morgan fingerprint density at radius 2 is 1.60 bits per heavy atom. The van der Waals surface area contributed by atoms with E-state index in [0.29, 0.717) is 18.5 Å². The summed E-state index contributed by atoms with van der Waals surface area (Å²) in [5.41, 5.74) is 1.84. The number of rotatable bonds is 9. The quantitative estimate of drug-likeness (QED) is 0.556. The summed E-state index contributed by atoms with van der Waals surface area (Å²) < 4.78 is 0. The SMILES string of the molecule is Cc1ccc(C(=O)NCCCCCCCC(=O)[OH2+])cc1. The summed E-state index contributed by atoms with van der Waals surface area (Å²) in [6.45, 7) is 2.68. The molecule has 20 heavy (non-hydrogen) atoms. The summed E-state index contributed by atoms with van der Waals surface area (Å²) >= 11 is 0. The minimum absolute atomic E-state index is 0.0233. The van der Waals surface area contributed by atoms with E-state index in [1.54, 1.807) is 0 Å². The molecule has 0 aromatic heterocycles. The zero-order valence-electron chi connectivity index (χ0n) is 12.1. The molecular weight excluding hydrogens is 254 g/mol. The van der Waals surface area contributed by atoms with E-state index in [4.69, 9.17) is 5.11 Å². The van der Waals surface area contributed by atoms with E-state index in [2.05, 4.69) is 5.32 Å². The monoisotopic (exact) mass is 278 g/mol. The number of benzene rings is 1. The van der Waals surface area contributed by atoms with Crippen LogP contribution in [-0.2, 0) is 4.79 Å². The van der Waals surface area contributed by atoms with E-state index in [0.717, 1.165) is 37.7 Å². The summed E-state index contributed by atoms with van der Waals surface area (Å²) in [7, 11) is 0. The standard InChI is InChI=1S/C16H23NO3/c1-13-8-10-14(11-9-13)16(20)17-12-6-4-2-3-5-7-15(18)19/h8-11H,2-7,12H2,1H3,(H,17,20)(H,18,19)/p+1. The van der Waals surface area contributed by atoms with Crippen molar-refractivity contribution in [1.82, 2.24) is 5.32 Å². The second-order valence-corrected chi connectivity index (χ2v) is 5.06. The molecule has 3 N–H and O–H groups in total. The number of hydrogen-bond donors (Lipinski definition) is 1. The summed E-state index contributed by atoms with van der Waals surface area (Å²) in [5.74, 6) is -0.500. The fraction of sp³-hybridized carbons (Fsp3) is 0.500. The van der Waals surface area contributed by atoms with E-state index in [9.17, 15) is 9.59 Å². The number of unbranched alkanes of at least 4 members (excludes halogenated alkanes) is 4. The van der Waals surface area contributed by atoms with Gasteiger partial charge in [0.2, 0.25) is 0 Å². The van der Waals surface area contributed by atoms with Crippen LogP contribution in [0.4, 0.5) is 0 Å². The normalized spacial score (nSPS) is 10.2. The van der Waals surface area contributed by atoms with Crippen LogP contribution in [0.3, 0.4) is 0 Å². The molecule has 0 aliphatic rings. The number of carbonyl (C=O) groups is 2. The predicted molar refractivity (Wildman–Crippen MR) is 79.8 cm³/mol. The van der Waals surface area contributed by atoms with Crippen LogP contribution in [0.1, 0.15) is 54.4 Å². The second-order valence-electron chi connectivity index (χ2n) is 5.06. The van der Waals surface area contributed by atoms with Crippen molar-refractivity contribution in [3.63, 3.8) is 0 Å². The molecular formula is C16H24NO3+. The molecule has 1 rings (SSSR count). The van der Waals surface area contributed by atoms with Crippen molar-refractivity contribution in [2.75, 3.05) is 6.54 Å².